The van der Waals surface area contributed by atoms with Gasteiger partial charge in [0.1, 0.15) is 5.82 Å². The predicted molar refractivity (Wildman–Crippen MR) is 110 cm³/mol. The zero-order valence-electron chi connectivity index (χ0n) is 16.7. The number of rotatable bonds is 9. The van der Waals surface area contributed by atoms with Crippen molar-refractivity contribution in [3.05, 3.63) is 65.5 Å². The van der Waals surface area contributed by atoms with Crippen LogP contribution < -0.4 is 10.6 Å². The van der Waals surface area contributed by atoms with Crippen molar-refractivity contribution < 1.29 is 14.0 Å². The summed E-state index contributed by atoms with van der Waals surface area (Å²) in [6.07, 6.45) is 0. The maximum Gasteiger partial charge on any atom is 0.238 e. The lowest BCUT2D eigenvalue weighted by Gasteiger charge is -2.19. The number of amides is 2. The summed E-state index contributed by atoms with van der Waals surface area (Å²) in [5.74, 6) is -0.211. The molecule has 0 spiro atoms. The predicted octanol–water partition coefficient (Wildman–Crippen LogP) is 3.53. The van der Waals surface area contributed by atoms with Crippen molar-refractivity contribution >= 4 is 17.5 Å². The molecule has 2 N–H and O–H groups in total. The highest BCUT2D eigenvalue weighted by Gasteiger charge is 2.13. The monoisotopic (exact) mass is 385 g/mol. The Balaban J connectivity index is 1.79. The highest BCUT2D eigenvalue weighted by molar-refractivity contribution is 5.92. The largest absolute Gasteiger partial charge is 0.351 e. The number of hydrogen-bond acceptors (Lipinski definition) is 3. The third-order valence-electron chi connectivity index (χ3n) is 4.45. The van der Waals surface area contributed by atoms with Crippen molar-refractivity contribution in [3.8, 4) is 0 Å². The topological polar surface area (TPSA) is 61.4 Å². The molecule has 2 aromatic carbocycles. The molecule has 6 heteroatoms. The Labute approximate surface area is 165 Å². The average Bonchev–Trinajstić information content (AvgIpc) is 2.67. The van der Waals surface area contributed by atoms with Crippen LogP contribution in [-0.2, 0) is 16.1 Å². The van der Waals surface area contributed by atoms with Gasteiger partial charge >= 0.3 is 0 Å². The van der Waals surface area contributed by atoms with Gasteiger partial charge in [0.05, 0.1) is 13.1 Å². The second-order valence-electron chi connectivity index (χ2n) is 7.03. The van der Waals surface area contributed by atoms with Crippen molar-refractivity contribution in [2.45, 2.75) is 33.2 Å². The third kappa shape index (κ3) is 7.12. The summed E-state index contributed by atoms with van der Waals surface area (Å²) in [6, 6.07) is 13.8. The van der Waals surface area contributed by atoms with E-state index in [2.05, 4.69) is 24.5 Å². The number of halogens is 1. The first-order valence-electron chi connectivity index (χ1n) is 9.50. The second kappa shape index (κ2) is 10.6. The Hall–Kier alpha value is -2.73. The lowest BCUT2D eigenvalue weighted by molar-refractivity contribution is -0.123. The molecule has 5 nitrogen and oxygen atoms in total. The molecule has 2 aromatic rings. The van der Waals surface area contributed by atoms with Gasteiger partial charge in [0.25, 0.3) is 0 Å². The standard InChI is InChI=1S/C22H28FN3O2/c1-4-26(14-21(27)24-13-17-5-9-19(23)10-6-17)15-22(28)25-20-11-7-18(8-12-20)16(2)3/h5-12,16H,4,13-15H2,1-3H3,(H,24,27)(H,25,28). The summed E-state index contributed by atoms with van der Waals surface area (Å²) in [4.78, 5) is 26.2. The maximum atomic E-state index is 12.9. The smallest absolute Gasteiger partial charge is 0.238 e. The fourth-order valence-electron chi connectivity index (χ4n) is 2.70. The molecule has 0 fully saturated rings. The van der Waals surface area contributed by atoms with E-state index in [1.165, 1.54) is 17.7 Å². The Morgan fingerprint density at radius 2 is 1.57 bits per heavy atom. The summed E-state index contributed by atoms with van der Waals surface area (Å²) in [6.45, 7) is 7.29. The van der Waals surface area contributed by atoms with E-state index in [1.807, 2.05) is 31.2 Å². The molecule has 2 rings (SSSR count). The molecule has 28 heavy (non-hydrogen) atoms. The molecule has 0 bridgehead atoms. The quantitative estimate of drug-likeness (QED) is 0.694. The molecule has 0 unspecified atom stereocenters. The molecule has 0 aliphatic heterocycles. The molecule has 0 aliphatic carbocycles. The molecule has 0 heterocycles. The van der Waals surface area contributed by atoms with Crippen molar-refractivity contribution in [1.29, 1.82) is 0 Å². The number of likely N-dealkylation sites (N-methyl/N-ethyl adjacent to an activating group) is 1. The Morgan fingerprint density at radius 3 is 2.14 bits per heavy atom. The first-order valence-corrected chi connectivity index (χ1v) is 9.50. The third-order valence-corrected chi connectivity index (χ3v) is 4.45. The van der Waals surface area contributed by atoms with Crippen LogP contribution in [0.2, 0.25) is 0 Å². The molecule has 0 radical (unpaired) electrons. The van der Waals surface area contributed by atoms with Crippen LogP contribution >= 0.6 is 0 Å². The van der Waals surface area contributed by atoms with Gasteiger partial charge in [-0.15, -0.1) is 0 Å². The number of hydrogen-bond donors (Lipinski definition) is 2. The van der Waals surface area contributed by atoms with Crippen LogP contribution in [0.25, 0.3) is 0 Å². The minimum atomic E-state index is -0.308. The average molecular weight is 385 g/mol. The van der Waals surface area contributed by atoms with E-state index >= 15 is 0 Å². The van der Waals surface area contributed by atoms with Crippen LogP contribution in [0, 0.1) is 5.82 Å². The number of carbonyl (C=O) groups excluding carboxylic acids is 2. The molecule has 2 amide bonds. The molecule has 0 aliphatic rings. The van der Waals surface area contributed by atoms with Crippen LogP contribution in [0.1, 0.15) is 37.8 Å². The van der Waals surface area contributed by atoms with E-state index in [1.54, 1.807) is 17.0 Å². The van der Waals surface area contributed by atoms with E-state index in [9.17, 15) is 14.0 Å². The zero-order valence-corrected chi connectivity index (χ0v) is 16.7. The van der Waals surface area contributed by atoms with Crippen LogP contribution in [0.3, 0.4) is 0 Å². The lowest BCUT2D eigenvalue weighted by Crippen LogP contribution is -2.40. The molecule has 0 saturated heterocycles. The maximum absolute atomic E-state index is 12.9. The Bertz CT molecular complexity index is 773. The van der Waals surface area contributed by atoms with Gasteiger partial charge < -0.3 is 10.6 Å². The highest BCUT2D eigenvalue weighted by Crippen LogP contribution is 2.17. The number of anilines is 1. The first-order chi connectivity index (χ1) is 13.4. The molecule has 150 valence electrons. The van der Waals surface area contributed by atoms with Gasteiger partial charge in [0.2, 0.25) is 11.8 Å². The van der Waals surface area contributed by atoms with Gasteiger partial charge in [-0.1, -0.05) is 45.0 Å². The van der Waals surface area contributed by atoms with Gasteiger partial charge in [0, 0.05) is 12.2 Å². The van der Waals surface area contributed by atoms with Gasteiger partial charge in [-0.25, -0.2) is 4.39 Å². The number of carbonyl (C=O) groups is 2. The highest BCUT2D eigenvalue weighted by atomic mass is 19.1. The SMILES string of the molecule is CCN(CC(=O)NCc1ccc(F)cc1)CC(=O)Nc1ccc(C(C)C)cc1. The molecule has 0 atom stereocenters. The number of nitrogens with zero attached hydrogens (tertiary/aromatic N) is 1. The molecular weight excluding hydrogens is 357 g/mol. The minimum Gasteiger partial charge on any atom is -0.351 e. The molecule has 0 saturated carbocycles. The van der Waals surface area contributed by atoms with Crippen LogP contribution in [0.15, 0.2) is 48.5 Å². The minimum absolute atomic E-state index is 0.122. The normalized spacial score (nSPS) is 10.9. The summed E-state index contributed by atoms with van der Waals surface area (Å²) < 4.78 is 12.9. The second-order valence-corrected chi connectivity index (χ2v) is 7.03. The molecule has 0 aromatic heterocycles. The Morgan fingerprint density at radius 1 is 0.964 bits per heavy atom. The zero-order chi connectivity index (χ0) is 20.5. The number of nitrogens with one attached hydrogen (secondary N) is 2. The van der Waals surface area contributed by atoms with Crippen molar-refractivity contribution in [2.75, 3.05) is 25.0 Å². The van der Waals surface area contributed by atoms with E-state index in [0.29, 0.717) is 19.0 Å². The van der Waals surface area contributed by atoms with Gasteiger partial charge in [-0.05, 0) is 47.9 Å². The van der Waals surface area contributed by atoms with Crippen molar-refractivity contribution in [3.63, 3.8) is 0 Å². The van der Waals surface area contributed by atoms with Gasteiger partial charge in [-0.2, -0.15) is 0 Å². The summed E-state index contributed by atoms with van der Waals surface area (Å²) >= 11 is 0. The first kappa shape index (κ1) is 21.6. The molecular formula is C22H28FN3O2. The lowest BCUT2D eigenvalue weighted by atomic mass is 10.0. The van der Waals surface area contributed by atoms with Gasteiger partial charge in [0.15, 0.2) is 0 Å². The van der Waals surface area contributed by atoms with Crippen LogP contribution in [0.5, 0.6) is 0 Å². The Kier molecular flexibility index (Phi) is 8.14. The van der Waals surface area contributed by atoms with Gasteiger partial charge in [-0.3, -0.25) is 14.5 Å². The van der Waals surface area contributed by atoms with E-state index in [4.69, 9.17) is 0 Å². The van der Waals surface area contributed by atoms with E-state index < -0.39 is 0 Å². The number of benzene rings is 2. The van der Waals surface area contributed by atoms with E-state index in [0.717, 1.165) is 11.3 Å². The van der Waals surface area contributed by atoms with Crippen molar-refractivity contribution in [1.82, 2.24) is 10.2 Å². The van der Waals surface area contributed by atoms with E-state index in [-0.39, 0.29) is 30.7 Å². The van der Waals surface area contributed by atoms with Crippen LogP contribution in [-0.4, -0.2) is 36.3 Å². The summed E-state index contributed by atoms with van der Waals surface area (Å²) in [7, 11) is 0. The summed E-state index contributed by atoms with van der Waals surface area (Å²) in [5.41, 5.74) is 2.78. The van der Waals surface area contributed by atoms with Crippen LogP contribution in [0.4, 0.5) is 10.1 Å². The van der Waals surface area contributed by atoms with Crippen molar-refractivity contribution in [2.24, 2.45) is 0 Å². The summed E-state index contributed by atoms with van der Waals surface area (Å²) in [5, 5.41) is 5.65. The fraction of sp³-hybridized carbons (Fsp3) is 0.364. The fourth-order valence-corrected chi connectivity index (χ4v) is 2.70.